The third kappa shape index (κ3) is 4.82. The van der Waals surface area contributed by atoms with Crippen LogP contribution in [0.1, 0.15) is 36.6 Å². The Morgan fingerprint density at radius 3 is 2.86 bits per heavy atom. The van der Waals surface area contributed by atoms with Gasteiger partial charge in [-0.2, -0.15) is 0 Å². The Hall–Kier alpha value is -1.40. The number of hydrogen-bond donors (Lipinski definition) is 0. The molecule has 0 saturated carbocycles. The smallest absolute Gasteiger partial charge is 0.306 e. The van der Waals surface area contributed by atoms with E-state index in [1.165, 1.54) is 7.11 Å². The van der Waals surface area contributed by atoms with E-state index in [9.17, 15) is 4.79 Å². The van der Waals surface area contributed by atoms with Gasteiger partial charge in [-0.3, -0.25) is 9.69 Å². The zero-order valence-electron chi connectivity index (χ0n) is 13.1. The number of carbonyl (C=O) groups excluding carboxylic acids is 1. The van der Waals surface area contributed by atoms with Gasteiger partial charge in [-0.05, 0) is 26.7 Å². The molecule has 118 valence electrons. The predicted octanol–water partition coefficient (Wildman–Crippen LogP) is 1.84. The van der Waals surface area contributed by atoms with Gasteiger partial charge in [0, 0.05) is 19.7 Å². The molecule has 1 saturated heterocycles. The Labute approximate surface area is 125 Å². The van der Waals surface area contributed by atoms with E-state index >= 15 is 0 Å². The third-order valence-electron chi connectivity index (χ3n) is 3.78. The van der Waals surface area contributed by atoms with Crippen LogP contribution in [0.5, 0.6) is 0 Å². The molecule has 1 fully saturated rings. The van der Waals surface area contributed by atoms with E-state index in [-0.39, 0.29) is 12.1 Å². The van der Waals surface area contributed by atoms with Crippen molar-refractivity contribution in [3.8, 4) is 0 Å². The zero-order valence-corrected chi connectivity index (χ0v) is 13.1. The van der Waals surface area contributed by atoms with E-state index in [1.807, 2.05) is 13.8 Å². The van der Waals surface area contributed by atoms with E-state index in [1.54, 1.807) is 0 Å². The van der Waals surface area contributed by atoms with E-state index in [4.69, 9.17) is 13.9 Å². The summed E-state index contributed by atoms with van der Waals surface area (Å²) >= 11 is 0. The van der Waals surface area contributed by atoms with Crippen molar-refractivity contribution in [1.29, 1.82) is 0 Å². The maximum absolute atomic E-state index is 11.3. The maximum atomic E-state index is 11.3. The van der Waals surface area contributed by atoms with Gasteiger partial charge in [0.05, 0.1) is 31.9 Å². The Bertz CT molecular complexity index is 447. The molecule has 0 amide bonds. The third-order valence-corrected chi connectivity index (χ3v) is 3.78. The fourth-order valence-electron chi connectivity index (χ4n) is 2.46. The lowest BCUT2D eigenvalue weighted by Crippen LogP contribution is -2.33. The van der Waals surface area contributed by atoms with Gasteiger partial charge in [-0.1, -0.05) is 0 Å². The molecule has 1 aromatic rings. The van der Waals surface area contributed by atoms with Crippen LogP contribution in [0.15, 0.2) is 4.42 Å². The van der Waals surface area contributed by atoms with E-state index in [2.05, 4.69) is 9.88 Å². The minimum Gasteiger partial charge on any atom is -0.469 e. The highest BCUT2D eigenvalue weighted by Crippen LogP contribution is 2.16. The van der Waals surface area contributed by atoms with Crippen molar-refractivity contribution in [1.82, 2.24) is 9.88 Å². The highest BCUT2D eigenvalue weighted by Gasteiger charge is 2.21. The van der Waals surface area contributed by atoms with Gasteiger partial charge in [0.15, 0.2) is 0 Å². The molecule has 0 aromatic carbocycles. The van der Waals surface area contributed by atoms with Gasteiger partial charge in [-0.15, -0.1) is 0 Å². The molecule has 1 aliphatic rings. The topological polar surface area (TPSA) is 64.8 Å². The number of esters is 1. The predicted molar refractivity (Wildman–Crippen MR) is 76.9 cm³/mol. The lowest BCUT2D eigenvalue weighted by Gasteiger charge is -2.23. The molecule has 1 atom stereocenters. The largest absolute Gasteiger partial charge is 0.469 e. The molecule has 0 unspecified atom stereocenters. The Kier molecular flexibility index (Phi) is 5.76. The summed E-state index contributed by atoms with van der Waals surface area (Å²) in [6.07, 6.45) is 2.77. The Morgan fingerprint density at radius 1 is 1.48 bits per heavy atom. The quantitative estimate of drug-likeness (QED) is 0.715. The van der Waals surface area contributed by atoms with Gasteiger partial charge in [0.25, 0.3) is 0 Å². The van der Waals surface area contributed by atoms with Crippen molar-refractivity contribution in [3.05, 3.63) is 17.3 Å². The maximum Gasteiger partial charge on any atom is 0.306 e. The Morgan fingerprint density at radius 2 is 2.29 bits per heavy atom. The van der Waals surface area contributed by atoms with E-state index < -0.39 is 0 Å². The van der Waals surface area contributed by atoms with Gasteiger partial charge in [0.1, 0.15) is 5.76 Å². The summed E-state index contributed by atoms with van der Waals surface area (Å²) in [5.74, 6) is 1.33. The summed E-state index contributed by atoms with van der Waals surface area (Å²) in [6, 6.07) is 0. The summed E-state index contributed by atoms with van der Waals surface area (Å²) in [6.45, 7) is 6.66. The average molecular weight is 296 g/mol. The first kappa shape index (κ1) is 16.0. The molecule has 0 bridgehead atoms. The molecule has 0 spiro atoms. The number of oxazole rings is 1. The van der Waals surface area contributed by atoms with Crippen LogP contribution in [0.3, 0.4) is 0 Å². The molecule has 6 heteroatoms. The van der Waals surface area contributed by atoms with Crippen LogP contribution in [0.25, 0.3) is 0 Å². The van der Waals surface area contributed by atoms with Crippen LogP contribution >= 0.6 is 0 Å². The number of aromatic nitrogens is 1. The lowest BCUT2D eigenvalue weighted by atomic mass is 10.2. The van der Waals surface area contributed by atoms with Gasteiger partial charge >= 0.3 is 5.97 Å². The fraction of sp³-hybridized carbons (Fsp3) is 0.733. The number of carbonyl (C=O) groups is 1. The van der Waals surface area contributed by atoms with Crippen LogP contribution in [0.2, 0.25) is 0 Å². The molecule has 2 heterocycles. The van der Waals surface area contributed by atoms with Crippen molar-refractivity contribution >= 4 is 5.97 Å². The second-order valence-corrected chi connectivity index (χ2v) is 5.45. The minimum absolute atomic E-state index is 0.202. The number of nitrogens with zero attached hydrogens (tertiary/aromatic N) is 2. The van der Waals surface area contributed by atoms with Crippen molar-refractivity contribution in [2.24, 2.45) is 0 Å². The number of hydrogen-bond acceptors (Lipinski definition) is 6. The van der Waals surface area contributed by atoms with Crippen LogP contribution in [0.4, 0.5) is 0 Å². The second-order valence-electron chi connectivity index (χ2n) is 5.45. The lowest BCUT2D eigenvalue weighted by molar-refractivity contribution is -0.141. The first-order valence-corrected chi connectivity index (χ1v) is 7.42. The van der Waals surface area contributed by atoms with Gasteiger partial charge < -0.3 is 13.9 Å². The standard InChI is InChI=1S/C15H24N2O4/c1-11-12(2)21-14(16-11)10-17(7-6-15(18)19-3)9-13-5-4-8-20-13/h13H,4-10H2,1-3H3/t13-/m1/s1. The molecular formula is C15H24N2O4. The van der Waals surface area contributed by atoms with E-state index in [0.29, 0.717) is 25.4 Å². The normalized spacial score (nSPS) is 18.4. The number of methoxy groups -OCH3 is 1. The summed E-state index contributed by atoms with van der Waals surface area (Å²) in [7, 11) is 1.41. The van der Waals surface area contributed by atoms with E-state index in [0.717, 1.165) is 37.4 Å². The highest BCUT2D eigenvalue weighted by molar-refractivity contribution is 5.69. The average Bonchev–Trinajstić information content (AvgIpc) is 3.06. The fourth-order valence-corrected chi connectivity index (χ4v) is 2.46. The molecule has 6 nitrogen and oxygen atoms in total. The molecular weight excluding hydrogens is 272 g/mol. The first-order chi connectivity index (χ1) is 10.1. The summed E-state index contributed by atoms with van der Waals surface area (Å²) in [4.78, 5) is 17.9. The Balaban J connectivity index is 1.94. The molecule has 2 rings (SSSR count). The summed E-state index contributed by atoms with van der Waals surface area (Å²) < 4.78 is 16.0. The first-order valence-electron chi connectivity index (χ1n) is 7.42. The van der Waals surface area contributed by atoms with Crippen LogP contribution in [-0.2, 0) is 20.8 Å². The molecule has 0 radical (unpaired) electrons. The summed E-state index contributed by atoms with van der Waals surface area (Å²) in [5.41, 5.74) is 0.912. The number of aryl methyl sites for hydroxylation is 2. The molecule has 0 aliphatic carbocycles. The highest BCUT2D eigenvalue weighted by atomic mass is 16.5. The van der Waals surface area contributed by atoms with Crippen LogP contribution in [0, 0.1) is 13.8 Å². The van der Waals surface area contributed by atoms with Crippen molar-refractivity contribution in [2.45, 2.75) is 45.8 Å². The van der Waals surface area contributed by atoms with Crippen molar-refractivity contribution < 1.29 is 18.7 Å². The number of rotatable bonds is 7. The van der Waals surface area contributed by atoms with Crippen LogP contribution < -0.4 is 0 Å². The molecule has 21 heavy (non-hydrogen) atoms. The van der Waals surface area contributed by atoms with Crippen molar-refractivity contribution in [3.63, 3.8) is 0 Å². The molecule has 1 aromatic heterocycles. The van der Waals surface area contributed by atoms with Gasteiger partial charge in [0.2, 0.25) is 5.89 Å². The number of ether oxygens (including phenoxy) is 2. The summed E-state index contributed by atoms with van der Waals surface area (Å²) in [5, 5.41) is 0. The second kappa shape index (κ2) is 7.56. The molecule has 1 aliphatic heterocycles. The van der Waals surface area contributed by atoms with Crippen molar-refractivity contribution in [2.75, 3.05) is 26.8 Å². The zero-order chi connectivity index (χ0) is 15.2. The molecule has 0 N–H and O–H groups in total. The van der Waals surface area contributed by atoms with Crippen LogP contribution in [-0.4, -0.2) is 48.8 Å². The van der Waals surface area contributed by atoms with Gasteiger partial charge in [-0.25, -0.2) is 4.98 Å². The monoisotopic (exact) mass is 296 g/mol. The minimum atomic E-state index is -0.202. The SMILES string of the molecule is COC(=O)CCN(Cc1nc(C)c(C)o1)C[C@H]1CCCO1.